The predicted molar refractivity (Wildman–Crippen MR) is 81.0 cm³/mol. The Balaban J connectivity index is 1.97. The van der Waals surface area contributed by atoms with Gasteiger partial charge in [0.25, 0.3) is 0 Å². The second kappa shape index (κ2) is 5.72. The normalized spacial score (nSPS) is 23.6. The summed E-state index contributed by atoms with van der Waals surface area (Å²) in [6.45, 7) is 2.36. The minimum atomic E-state index is -0.293. The van der Waals surface area contributed by atoms with Crippen LogP contribution in [0.15, 0.2) is 18.2 Å². The summed E-state index contributed by atoms with van der Waals surface area (Å²) in [4.78, 5) is 2.66. The standard InChI is InChI=1S/C17H25FN2/c18-15-8-7-14(13-16(15)19)17(9-3-1-4-10-17)20-11-5-2-6-12-20/h7-8,13H,1-6,9-12,19H2. The maximum atomic E-state index is 13.5. The third-order valence-electron chi connectivity index (χ3n) is 5.18. The number of nitrogens with zero attached hydrogens (tertiary/aromatic N) is 1. The Morgan fingerprint density at radius 3 is 2.25 bits per heavy atom. The lowest BCUT2D eigenvalue weighted by Crippen LogP contribution is -2.49. The van der Waals surface area contributed by atoms with E-state index >= 15 is 0 Å². The minimum Gasteiger partial charge on any atom is -0.396 e. The molecule has 2 nitrogen and oxygen atoms in total. The number of hydrogen-bond acceptors (Lipinski definition) is 2. The molecule has 3 heteroatoms. The maximum Gasteiger partial charge on any atom is 0.146 e. The molecule has 2 aliphatic rings. The average Bonchev–Trinajstić information content (AvgIpc) is 2.51. The Bertz CT molecular complexity index is 460. The fourth-order valence-corrected chi connectivity index (χ4v) is 4.08. The first-order chi connectivity index (χ1) is 9.72. The number of benzene rings is 1. The summed E-state index contributed by atoms with van der Waals surface area (Å²) in [6.07, 6.45) is 10.2. The molecule has 0 spiro atoms. The van der Waals surface area contributed by atoms with Crippen LogP contribution in [0, 0.1) is 5.82 Å². The van der Waals surface area contributed by atoms with Crippen LogP contribution in [0.4, 0.5) is 10.1 Å². The second-order valence-corrected chi connectivity index (χ2v) is 6.38. The monoisotopic (exact) mass is 276 g/mol. The molecule has 1 aliphatic heterocycles. The van der Waals surface area contributed by atoms with E-state index in [1.165, 1.54) is 70.0 Å². The van der Waals surface area contributed by atoms with Crippen molar-refractivity contribution in [1.82, 2.24) is 4.90 Å². The molecule has 1 aromatic rings. The molecule has 3 rings (SSSR count). The topological polar surface area (TPSA) is 29.3 Å². The highest BCUT2D eigenvalue weighted by molar-refractivity contribution is 5.45. The van der Waals surface area contributed by atoms with Crippen molar-refractivity contribution in [3.63, 3.8) is 0 Å². The van der Waals surface area contributed by atoms with E-state index in [9.17, 15) is 4.39 Å². The third-order valence-corrected chi connectivity index (χ3v) is 5.18. The van der Waals surface area contributed by atoms with E-state index in [4.69, 9.17) is 5.73 Å². The molecule has 1 heterocycles. The van der Waals surface area contributed by atoms with Crippen molar-refractivity contribution >= 4 is 5.69 Å². The molecular formula is C17H25FN2. The van der Waals surface area contributed by atoms with E-state index in [2.05, 4.69) is 4.90 Å². The maximum absolute atomic E-state index is 13.5. The van der Waals surface area contributed by atoms with E-state index in [0.29, 0.717) is 5.69 Å². The Hall–Kier alpha value is -1.09. The highest BCUT2D eigenvalue weighted by Crippen LogP contribution is 2.44. The van der Waals surface area contributed by atoms with Crippen molar-refractivity contribution in [3.05, 3.63) is 29.6 Å². The van der Waals surface area contributed by atoms with Crippen molar-refractivity contribution in [2.24, 2.45) is 0 Å². The minimum absolute atomic E-state index is 0.112. The Labute approximate surface area is 121 Å². The number of nitrogens with two attached hydrogens (primary N) is 1. The van der Waals surface area contributed by atoms with Crippen LogP contribution in [0.25, 0.3) is 0 Å². The Morgan fingerprint density at radius 2 is 1.60 bits per heavy atom. The van der Waals surface area contributed by atoms with Gasteiger partial charge >= 0.3 is 0 Å². The Kier molecular flexibility index (Phi) is 3.97. The summed E-state index contributed by atoms with van der Waals surface area (Å²) in [7, 11) is 0. The first-order valence-corrected chi connectivity index (χ1v) is 8.03. The molecule has 20 heavy (non-hydrogen) atoms. The second-order valence-electron chi connectivity index (χ2n) is 6.38. The summed E-state index contributed by atoms with van der Waals surface area (Å²) in [5.74, 6) is -0.293. The third kappa shape index (κ3) is 2.44. The van der Waals surface area contributed by atoms with Crippen LogP contribution in [-0.2, 0) is 5.54 Å². The van der Waals surface area contributed by atoms with Gasteiger partial charge in [-0.05, 0) is 56.5 Å². The van der Waals surface area contributed by atoms with E-state index in [1.807, 2.05) is 12.1 Å². The first-order valence-electron chi connectivity index (χ1n) is 8.03. The van der Waals surface area contributed by atoms with Crippen LogP contribution in [-0.4, -0.2) is 18.0 Å². The van der Waals surface area contributed by atoms with Crippen molar-refractivity contribution in [2.45, 2.75) is 56.9 Å². The van der Waals surface area contributed by atoms with Crippen LogP contribution in [0.1, 0.15) is 56.9 Å². The van der Waals surface area contributed by atoms with Gasteiger partial charge in [-0.3, -0.25) is 4.90 Å². The molecule has 2 N–H and O–H groups in total. The highest BCUT2D eigenvalue weighted by Gasteiger charge is 2.40. The van der Waals surface area contributed by atoms with E-state index < -0.39 is 0 Å². The van der Waals surface area contributed by atoms with Gasteiger partial charge in [0.2, 0.25) is 0 Å². The smallest absolute Gasteiger partial charge is 0.146 e. The van der Waals surface area contributed by atoms with Gasteiger partial charge in [0.15, 0.2) is 0 Å². The van der Waals surface area contributed by atoms with Crippen LogP contribution >= 0.6 is 0 Å². The molecule has 0 radical (unpaired) electrons. The van der Waals surface area contributed by atoms with Gasteiger partial charge in [0.05, 0.1) is 5.69 Å². The summed E-state index contributed by atoms with van der Waals surface area (Å²) >= 11 is 0. The van der Waals surface area contributed by atoms with Crippen LogP contribution in [0.2, 0.25) is 0 Å². The molecule has 1 aromatic carbocycles. The zero-order chi connectivity index (χ0) is 14.0. The number of likely N-dealkylation sites (tertiary alicyclic amines) is 1. The number of nitrogen functional groups attached to an aromatic ring is 1. The molecule has 2 fully saturated rings. The van der Waals surface area contributed by atoms with Crippen molar-refractivity contribution in [2.75, 3.05) is 18.8 Å². The zero-order valence-corrected chi connectivity index (χ0v) is 12.2. The quantitative estimate of drug-likeness (QED) is 0.826. The molecule has 1 saturated heterocycles. The van der Waals surface area contributed by atoms with Crippen LogP contribution < -0.4 is 5.73 Å². The fourth-order valence-electron chi connectivity index (χ4n) is 4.08. The average molecular weight is 276 g/mol. The lowest BCUT2D eigenvalue weighted by molar-refractivity contribution is 0.0303. The molecule has 1 aliphatic carbocycles. The summed E-state index contributed by atoms with van der Waals surface area (Å²) < 4.78 is 13.5. The lowest BCUT2D eigenvalue weighted by Gasteiger charge is -2.49. The molecule has 0 aromatic heterocycles. The van der Waals surface area contributed by atoms with E-state index in [-0.39, 0.29) is 11.4 Å². The fraction of sp³-hybridized carbons (Fsp3) is 0.647. The molecular weight excluding hydrogens is 251 g/mol. The van der Waals surface area contributed by atoms with Gasteiger partial charge in [-0.25, -0.2) is 4.39 Å². The number of halogens is 1. The largest absolute Gasteiger partial charge is 0.396 e. The summed E-state index contributed by atoms with van der Waals surface area (Å²) in [5.41, 5.74) is 7.46. The van der Waals surface area contributed by atoms with Crippen LogP contribution in [0.5, 0.6) is 0 Å². The summed E-state index contributed by atoms with van der Waals surface area (Å²) in [5, 5.41) is 0. The van der Waals surface area contributed by atoms with Crippen LogP contribution in [0.3, 0.4) is 0 Å². The SMILES string of the molecule is Nc1cc(C2(N3CCCCC3)CCCCC2)ccc1F. The van der Waals surface area contributed by atoms with Crippen molar-refractivity contribution in [3.8, 4) is 0 Å². The number of anilines is 1. The number of piperidine rings is 1. The number of rotatable bonds is 2. The highest BCUT2D eigenvalue weighted by atomic mass is 19.1. The number of hydrogen-bond donors (Lipinski definition) is 1. The molecule has 0 unspecified atom stereocenters. The zero-order valence-electron chi connectivity index (χ0n) is 12.2. The molecule has 110 valence electrons. The van der Waals surface area contributed by atoms with Gasteiger partial charge in [-0.2, -0.15) is 0 Å². The predicted octanol–water partition coefficient (Wildman–Crippen LogP) is 4.05. The van der Waals surface area contributed by atoms with Crippen molar-refractivity contribution < 1.29 is 4.39 Å². The van der Waals surface area contributed by atoms with Gasteiger partial charge in [0.1, 0.15) is 5.82 Å². The first kappa shape index (κ1) is 13.9. The molecule has 0 amide bonds. The molecule has 1 saturated carbocycles. The van der Waals surface area contributed by atoms with E-state index in [1.54, 1.807) is 6.07 Å². The van der Waals surface area contributed by atoms with Gasteiger partial charge in [-0.15, -0.1) is 0 Å². The lowest BCUT2D eigenvalue weighted by atomic mass is 9.74. The summed E-state index contributed by atoms with van der Waals surface area (Å²) in [6, 6.07) is 5.39. The molecule has 0 bridgehead atoms. The Morgan fingerprint density at radius 1 is 0.950 bits per heavy atom. The van der Waals surface area contributed by atoms with Gasteiger partial charge < -0.3 is 5.73 Å². The van der Waals surface area contributed by atoms with E-state index in [0.717, 1.165) is 0 Å². The van der Waals surface area contributed by atoms with Gasteiger partial charge in [0, 0.05) is 5.54 Å². The van der Waals surface area contributed by atoms with Gasteiger partial charge in [-0.1, -0.05) is 31.7 Å². The molecule has 0 atom stereocenters. The van der Waals surface area contributed by atoms with Crippen molar-refractivity contribution in [1.29, 1.82) is 0 Å².